The van der Waals surface area contributed by atoms with E-state index in [9.17, 15) is 44.7 Å². The lowest BCUT2D eigenvalue weighted by Crippen LogP contribution is -2.43. The minimum Gasteiger partial charge on any atom is -0.493 e. The summed E-state index contributed by atoms with van der Waals surface area (Å²) in [6, 6.07) is 17.0. The molecule has 454 valence electrons. The van der Waals surface area contributed by atoms with Crippen molar-refractivity contribution in [1.82, 2.24) is 40.1 Å². The van der Waals surface area contributed by atoms with Crippen molar-refractivity contribution in [2.75, 3.05) is 77.5 Å². The van der Waals surface area contributed by atoms with Gasteiger partial charge in [-0.3, -0.25) is 4.98 Å². The fourth-order valence-corrected chi connectivity index (χ4v) is 8.17. The highest BCUT2D eigenvalue weighted by atomic mass is 32.2. The average Bonchev–Trinajstić information content (AvgIpc) is 2.29. The van der Waals surface area contributed by atoms with Gasteiger partial charge in [0, 0.05) is 18.0 Å². The normalized spacial score (nSPS) is 11.6. The van der Waals surface area contributed by atoms with Crippen LogP contribution in [0, 0.1) is 37.3 Å². The van der Waals surface area contributed by atoms with Crippen molar-refractivity contribution in [2.45, 2.75) is 44.9 Å². The highest BCUT2D eigenvalue weighted by molar-refractivity contribution is 7.92. The molecule has 0 spiro atoms. The van der Waals surface area contributed by atoms with Crippen molar-refractivity contribution in [3.8, 4) is 51.8 Å². The van der Waals surface area contributed by atoms with Crippen molar-refractivity contribution in [1.29, 1.82) is 0 Å². The second kappa shape index (κ2) is 31.5. The number of hydrogen-bond donors (Lipinski definition) is 0. The number of benzene rings is 2. The van der Waals surface area contributed by atoms with E-state index in [-0.39, 0.29) is 85.4 Å². The topological polar surface area (TPSA) is 442 Å². The van der Waals surface area contributed by atoms with E-state index in [4.69, 9.17) is 57.1 Å². The van der Waals surface area contributed by atoms with Gasteiger partial charge < -0.3 is 66.6 Å². The average molecular weight is 1220 g/mol. The Hall–Kier alpha value is -10.6. The van der Waals surface area contributed by atoms with Gasteiger partial charge in [0.15, 0.2) is 40.6 Å². The van der Waals surface area contributed by atoms with Crippen LogP contribution in [0.25, 0.3) is 22.9 Å². The van der Waals surface area contributed by atoms with E-state index in [0.717, 1.165) is 17.7 Å². The SMILES string of the molecule is COc1ccccc1Oc1c(OCCOC(=O)Oc2cccc(CO[N+](=O)[O-])c2)nc(-c2ccnc(-c3nnnn3C(C)OC(=O)OCCOCCO[N+](=O)[O-])c2)nc1N(C(C)OC(=O)OCCOCCO[N+](=O)[O-])S(=O)(=O)c1ccc(C)cn1. The monoisotopic (exact) mass is 1210 g/mol. The molecule has 37 nitrogen and oxygen atoms in total. The molecule has 4 aromatic heterocycles. The molecule has 6 aromatic rings. The van der Waals surface area contributed by atoms with E-state index in [1.807, 2.05) is 0 Å². The van der Waals surface area contributed by atoms with Crippen molar-refractivity contribution < 1.29 is 105 Å². The third-order valence-corrected chi connectivity index (χ3v) is 12.1. The fraction of sp³-hybridized carbons (Fsp3) is 0.362. The van der Waals surface area contributed by atoms with Gasteiger partial charge in [0.25, 0.3) is 31.2 Å². The molecule has 0 saturated heterocycles. The Labute approximate surface area is 478 Å². The van der Waals surface area contributed by atoms with Crippen LogP contribution in [0.3, 0.4) is 0 Å². The zero-order valence-corrected chi connectivity index (χ0v) is 45.8. The molecule has 0 amide bonds. The van der Waals surface area contributed by atoms with Crippen LogP contribution >= 0.6 is 0 Å². The molecule has 0 aliphatic carbocycles. The number of rotatable bonds is 34. The molecule has 0 aliphatic heterocycles. The maximum atomic E-state index is 15.2. The summed E-state index contributed by atoms with van der Waals surface area (Å²) in [6.45, 7) is 0.0668. The van der Waals surface area contributed by atoms with Crippen LogP contribution in [0.1, 0.15) is 31.2 Å². The second-order valence-corrected chi connectivity index (χ2v) is 18.0. The van der Waals surface area contributed by atoms with Crippen LogP contribution in [0.15, 0.2) is 90.2 Å². The van der Waals surface area contributed by atoms with Gasteiger partial charge in [-0.2, -0.15) is 18.1 Å². The summed E-state index contributed by atoms with van der Waals surface area (Å²) in [5.41, 5.74) is 0.834. The smallest absolute Gasteiger partial charge is 0.493 e. The van der Waals surface area contributed by atoms with Gasteiger partial charge in [0.2, 0.25) is 11.6 Å². The highest BCUT2D eigenvalue weighted by Crippen LogP contribution is 2.45. The molecule has 38 heteroatoms. The molecule has 4 heterocycles. The Morgan fingerprint density at radius 1 is 0.706 bits per heavy atom. The number of ether oxygens (including phenoxy) is 11. The number of carbonyl (C=O) groups excluding carboxylic acids is 3. The Kier molecular flexibility index (Phi) is 23.6. The summed E-state index contributed by atoms with van der Waals surface area (Å²) in [6.07, 6.45) is -4.57. The first-order valence-electron chi connectivity index (χ1n) is 24.5. The van der Waals surface area contributed by atoms with Crippen LogP contribution in [0.2, 0.25) is 0 Å². The lowest BCUT2D eigenvalue weighted by molar-refractivity contribution is -0.763. The number of hydrogen-bond acceptors (Lipinski definition) is 32. The number of pyridine rings is 2. The molecule has 0 fully saturated rings. The molecular formula is C47H50N12O25S. The van der Waals surface area contributed by atoms with E-state index >= 15 is 8.42 Å². The van der Waals surface area contributed by atoms with Gasteiger partial charge in [-0.25, -0.2) is 28.7 Å². The Morgan fingerprint density at radius 3 is 2.01 bits per heavy atom. The first-order valence-corrected chi connectivity index (χ1v) is 25.9. The molecule has 0 radical (unpaired) electrons. The zero-order valence-electron chi connectivity index (χ0n) is 45.0. The maximum absolute atomic E-state index is 15.2. The molecule has 85 heavy (non-hydrogen) atoms. The summed E-state index contributed by atoms with van der Waals surface area (Å²) >= 11 is 0. The van der Waals surface area contributed by atoms with Gasteiger partial charge >= 0.3 is 18.5 Å². The van der Waals surface area contributed by atoms with E-state index in [2.05, 4.69) is 45.0 Å². The van der Waals surface area contributed by atoms with Gasteiger partial charge in [-0.1, -0.05) is 30.3 Å². The number of aromatic nitrogens is 8. The van der Waals surface area contributed by atoms with E-state index in [1.54, 1.807) is 19.1 Å². The van der Waals surface area contributed by atoms with Gasteiger partial charge in [-0.05, 0) is 84.8 Å². The van der Waals surface area contributed by atoms with Crippen molar-refractivity contribution in [3.63, 3.8) is 0 Å². The Morgan fingerprint density at radius 2 is 1.35 bits per heavy atom. The van der Waals surface area contributed by atoms with Crippen LogP contribution in [-0.2, 0) is 64.3 Å². The third-order valence-electron chi connectivity index (χ3n) is 10.4. The molecule has 2 aromatic carbocycles. The lowest BCUT2D eigenvalue weighted by Gasteiger charge is -2.30. The minimum absolute atomic E-state index is 0.0246. The number of para-hydroxylation sites is 2. The number of carbonyl (C=O) groups is 3. The van der Waals surface area contributed by atoms with Gasteiger partial charge in [0.05, 0.1) is 33.5 Å². The third kappa shape index (κ3) is 19.5. The number of sulfonamides is 1. The van der Waals surface area contributed by atoms with Gasteiger partial charge in [-0.15, -0.1) is 35.4 Å². The molecule has 6 rings (SSSR count). The summed E-state index contributed by atoms with van der Waals surface area (Å²) in [7, 11) is -3.76. The highest BCUT2D eigenvalue weighted by Gasteiger charge is 2.39. The van der Waals surface area contributed by atoms with Crippen LogP contribution in [0.4, 0.5) is 20.2 Å². The number of anilines is 1. The first-order chi connectivity index (χ1) is 40.8. The van der Waals surface area contributed by atoms with Crippen molar-refractivity contribution in [3.05, 3.63) is 127 Å². The molecule has 0 N–H and O–H groups in total. The summed E-state index contributed by atoms with van der Waals surface area (Å²) in [5.74, 6) is -2.40. The Balaban J connectivity index is 1.41. The number of tetrazole rings is 1. The molecule has 0 bridgehead atoms. The first kappa shape index (κ1) is 63.6. The van der Waals surface area contributed by atoms with Crippen molar-refractivity contribution in [2.24, 2.45) is 0 Å². The van der Waals surface area contributed by atoms with Crippen LogP contribution < -0.4 is 23.3 Å². The number of aryl methyl sites for hydroxylation is 1. The number of nitrogens with zero attached hydrogens (tertiary/aromatic N) is 12. The molecule has 0 aliphatic rings. The van der Waals surface area contributed by atoms with Crippen LogP contribution in [0.5, 0.6) is 28.9 Å². The number of methoxy groups -OCH3 is 1. The largest absolute Gasteiger partial charge is 0.513 e. The summed E-state index contributed by atoms with van der Waals surface area (Å²) < 4.78 is 92.0. The molecule has 2 atom stereocenters. The minimum atomic E-state index is -5.08. The quantitative estimate of drug-likeness (QED) is 0.00994. The van der Waals surface area contributed by atoms with E-state index in [0.29, 0.717) is 9.87 Å². The summed E-state index contributed by atoms with van der Waals surface area (Å²) in [5, 5.41) is 39.6. The predicted octanol–water partition coefficient (Wildman–Crippen LogP) is 4.82. The molecule has 2 unspecified atom stereocenters. The predicted molar refractivity (Wildman–Crippen MR) is 276 cm³/mol. The van der Waals surface area contributed by atoms with E-state index < -0.39 is 112 Å². The van der Waals surface area contributed by atoms with Gasteiger partial charge in [0.1, 0.15) is 57.7 Å². The summed E-state index contributed by atoms with van der Waals surface area (Å²) in [4.78, 5) is 101. The Bertz CT molecular complexity index is 3360. The van der Waals surface area contributed by atoms with E-state index in [1.165, 1.54) is 81.0 Å². The standard InChI is InChI=1S/C47H50N12O25S/c1-30-12-13-39(49-28-30)85(69,70)56(32(3)82-46(61)76-21-17-73-19-25-79-58(65)66)43-40(84-38-11-6-5-10-37(38)71-4)44(74-22-23-77-47(62)83-35-9-7-8-33(26-35)29-80-59(67)68)51-41(50-43)34-14-15-48-36(27-34)42-52-53-54-55(42)31(2)81-45(60)75-20-16-72-18-24-78-57(63)64/h5-15,26-28,31-32H,16-25,29H2,1-4H3. The molecule has 0 saturated carbocycles. The van der Waals surface area contributed by atoms with Crippen LogP contribution in [-0.4, -0.2) is 162 Å². The zero-order chi connectivity index (χ0) is 61.3. The lowest BCUT2D eigenvalue weighted by atomic mass is 10.2. The maximum Gasteiger partial charge on any atom is 0.513 e. The van der Waals surface area contributed by atoms with Crippen molar-refractivity contribution >= 4 is 34.3 Å². The fourth-order valence-electron chi connectivity index (χ4n) is 6.76. The molecular weight excluding hydrogens is 1160 g/mol. The second-order valence-electron chi connectivity index (χ2n) is 16.3.